The Bertz CT molecular complexity index is 1120. The predicted octanol–water partition coefficient (Wildman–Crippen LogP) is 7.69. The fourth-order valence-corrected chi connectivity index (χ4v) is 3.27. The van der Waals surface area contributed by atoms with Crippen LogP contribution in [0.5, 0.6) is 11.5 Å². The monoisotopic (exact) mass is 457 g/mol. The molecule has 0 aliphatic heterocycles. The van der Waals surface area contributed by atoms with Gasteiger partial charge in [-0.1, -0.05) is 65.1 Å². The zero-order valence-electron chi connectivity index (χ0n) is 16.2. The van der Waals surface area contributed by atoms with Crippen LogP contribution in [0.4, 0.5) is 0 Å². The van der Waals surface area contributed by atoms with Gasteiger partial charge in [-0.25, -0.2) is 0 Å². The van der Waals surface area contributed by atoms with Gasteiger partial charge in [-0.05, 0) is 54.5 Å². The fourth-order valence-electron chi connectivity index (χ4n) is 2.78. The van der Waals surface area contributed by atoms with Crippen molar-refractivity contribution in [1.29, 1.82) is 5.26 Å². The van der Waals surface area contributed by atoms with Crippen molar-refractivity contribution in [3.05, 3.63) is 92.4 Å². The summed E-state index contributed by atoms with van der Waals surface area (Å²) in [5.41, 5.74) is 2.83. The average Bonchev–Trinajstić information content (AvgIpc) is 2.74. The van der Waals surface area contributed by atoms with E-state index in [4.69, 9.17) is 44.3 Å². The lowest BCUT2D eigenvalue weighted by molar-refractivity contribution is 0.269. The maximum absolute atomic E-state index is 9.60. The molecule has 3 aromatic carbocycles. The zero-order valence-corrected chi connectivity index (χ0v) is 18.4. The second-order valence-electron chi connectivity index (χ2n) is 6.32. The number of rotatable bonds is 7. The molecule has 0 bridgehead atoms. The van der Waals surface area contributed by atoms with Crippen LogP contribution in [-0.2, 0) is 6.61 Å². The van der Waals surface area contributed by atoms with E-state index < -0.39 is 0 Å². The van der Waals surface area contributed by atoms with Gasteiger partial charge in [0.15, 0.2) is 11.5 Å². The van der Waals surface area contributed by atoms with Crippen molar-refractivity contribution < 1.29 is 9.47 Å². The molecule has 3 rings (SSSR count). The van der Waals surface area contributed by atoms with Crippen LogP contribution >= 0.6 is 34.8 Å². The fraction of sp³-hybridized carbons (Fsp3) is 0.125. The Morgan fingerprint density at radius 2 is 1.70 bits per heavy atom. The Kier molecular flexibility index (Phi) is 7.65. The molecule has 3 nitrogen and oxygen atoms in total. The number of nitriles is 1. The Morgan fingerprint density at radius 3 is 2.40 bits per heavy atom. The second kappa shape index (κ2) is 10.4. The topological polar surface area (TPSA) is 42.2 Å². The van der Waals surface area contributed by atoms with Gasteiger partial charge in [0, 0.05) is 10.6 Å². The normalized spacial score (nSPS) is 11.1. The highest BCUT2D eigenvalue weighted by atomic mass is 35.5. The molecule has 0 aliphatic rings. The van der Waals surface area contributed by atoms with E-state index in [1.165, 1.54) is 0 Å². The van der Waals surface area contributed by atoms with Crippen molar-refractivity contribution in [1.82, 2.24) is 0 Å². The highest BCUT2D eigenvalue weighted by molar-refractivity contribution is 6.42. The van der Waals surface area contributed by atoms with Crippen LogP contribution in [0.2, 0.25) is 15.1 Å². The van der Waals surface area contributed by atoms with Gasteiger partial charge in [0.05, 0.1) is 28.3 Å². The van der Waals surface area contributed by atoms with Crippen molar-refractivity contribution in [3.8, 4) is 17.6 Å². The summed E-state index contributed by atoms with van der Waals surface area (Å²) in [5.74, 6) is 1.19. The number of benzene rings is 3. The van der Waals surface area contributed by atoms with Crippen LogP contribution in [0, 0.1) is 11.3 Å². The van der Waals surface area contributed by atoms with E-state index in [2.05, 4.69) is 6.07 Å². The second-order valence-corrected chi connectivity index (χ2v) is 7.54. The third-order valence-electron chi connectivity index (χ3n) is 4.27. The third kappa shape index (κ3) is 5.49. The largest absolute Gasteiger partial charge is 0.490 e. The van der Waals surface area contributed by atoms with Crippen molar-refractivity contribution in [2.45, 2.75) is 13.5 Å². The van der Waals surface area contributed by atoms with E-state index in [0.29, 0.717) is 50.9 Å². The Labute approximate surface area is 191 Å². The quantitative estimate of drug-likeness (QED) is 0.269. The highest BCUT2D eigenvalue weighted by Gasteiger charge is 2.10. The van der Waals surface area contributed by atoms with Crippen molar-refractivity contribution in [2.75, 3.05) is 6.61 Å². The molecule has 30 heavy (non-hydrogen) atoms. The summed E-state index contributed by atoms with van der Waals surface area (Å²) >= 11 is 18.3. The van der Waals surface area contributed by atoms with E-state index in [-0.39, 0.29) is 0 Å². The number of ether oxygens (including phenoxy) is 2. The molecule has 0 N–H and O–H groups in total. The number of hydrogen-bond acceptors (Lipinski definition) is 3. The number of halogens is 3. The maximum atomic E-state index is 9.60. The lowest BCUT2D eigenvalue weighted by Crippen LogP contribution is -2.00. The smallest absolute Gasteiger partial charge is 0.161 e. The molecule has 3 aromatic rings. The molecule has 0 spiro atoms. The van der Waals surface area contributed by atoms with Crippen molar-refractivity contribution >= 4 is 46.5 Å². The van der Waals surface area contributed by atoms with Gasteiger partial charge in [-0.2, -0.15) is 5.26 Å². The predicted molar refractivity (Wildman–Crippen MR) is 123 cm³/mol. The number of allylic oxidation sites excluding steroid dienone is 1. The van der Waals surface area contributed by atoms with E-state index in [9.17, 15) is 5.26 Å². The van der Waals surface area contributed by atoms with Gasteiger partial charge in [-0.3, -0.25) is 0 Å². The van der Waals surface area contributed by atoms with Gasteiger partial charge in [-0.15, -0.1) is 0 Å². The van der Waals surface area contributed by atoms with Crippen LogP contribution in [0.15, 0.2) is 60.7 Å². The first-order valence-corrected chi connectivity index (χ1v) is 10.4. The molecule has 0 heterocycles. The molecule has 0 fully saturated rings. The van der Waals surface area contributed by atoms with Crippen molar-refractivity contribution in [3.63, 3.8) is 0 Å². The zero-order chi connectivity index (χ0) is 21.5. The van der Waals surface area contributed by atoms with Crippen LogP contribution in [0.1, 0.15) is 23.6 Å². The molecule has 0 aliphatic carbocycles. The minimum Gasteiger partial charge on any atom is -0.490 e. The first-order valence-electron chi connectivity index (χ1n) is 9.22. The standard InChI is InChI=1S/C24H18Cl3NO2/c1-2-29-24-12-16(11-19(14-28)17-8-9-21(26)22(27)13-17)7-10-23(24)30-15-18-5-3-4-6-20(18)25/h3-13H,2,15H2,1H3/b19-11-. The SMILES string of the molecule is CCOc1cc(/C=C(/C#N)c2ccc(Cl)c(Cl)c2)ccc1OCc1ccccc1Cl. The van der Waals surface area contributed by atoms with E-state index in [0.717, 1.165) is 11.1 Å². The summed E-state index contributed by atoms with van der Waals surface area (Å²) in [6, 6.07) is 20.3. The van der Waals surface area contributed by atoms with Crippen LogP contribution in [-0.4, -0.2) is 6.61 Å². The summed E-state index contributed by atoms with van der Waals surface area (Å²) in [7, 11) is 0. The molecule has 6 heteroatoms. The molecular formula is C24H18Cl3NO2. The summed E-state index contributed by atoms with van der Waals surface area (Å²) in [4.78, 5) is 0. The van der Waals surface area contributed by atoms with E-state index in [1.807, 2.05) is 49.4 Å². The van der Waals surface area contributed by atoms with Crippen LogP contribution in [0.3, 0.4) is 0 Å². The Balaban J connectivity index is 1.88. The van der Waals surface area contributed by atoms with Gasteiger partial charge in [0.1, 0.15) is 6.61 Å². The summed E-state index contributed by atoms with van der Waals surface area (Å²) in [5, 5.41) is 11.1. The van der Waals surface area contributed by atoms with Gasteiger partial charge < -0.3 is 9.47 Å². The highest BCUT2D eigenvalue weighted by Crippen LogP contribution is 2.32. The van der Waals surface area contributed by atoms with Gasteiger partial charge in [0.25, 0.3) is 0 Å². The summed E-state index contributed by atoms with van der Waals surface area (Å²) in [6.45, 7) is 2.70. The third-order valence-corrected chi connectivity index (χ3v) is 5.38. The minimum absolute atomic E-state index is 0.321. The molecule has 0 amide bonds. The molecule has 0 radical (unpaired) electrons. The molecule has 152 valence electrons. The molecule has 0 aromatic heterocycles. The first kappa shape index (κ1) is 22.1. The lowest BCUT2D eigenvalue weighted by Gasteiger charge is -2.13. The van der Waals surface area contributed by atoms with Gasteiger partial charge >= 0.3 is 0 Å². The summed E-state index contributed by atoms with van der Waals surface area (Å²) < 4.78 is 11.7. The molecule has 0 saturated heterocycles. The van der Waals surface area contributed by atoms with Crippen LogP contribution in [0.25, 0.3) is 11.6 Å². The minimum atomic E-state index is 0.321. The van der Waals surface area contributed by atoms with Crippen LogP contribution < -0.4 is 9.47 Å². The maximum Gasteiger partial charge on any atom is 0.161 e. The first-order chi connectivity index (χ1) is 14.5. The van der Waals surface area contributed by atoms with Crippen molar-refractivity contribution in [2.24, 2.45) is 0 Å². The molecule has 0 saturated carbocycles. The molecule has 0 unspecified atom stereocenters. The van der Waals surface area contributed by atoms with Gasteiger partial charge in [0.2, 0.25) is 0 Å². The molecular weight excluding hydrogens is 441 g/mol. The van der Waals surface area contributed by atoms with E-state index >= 15 is 0 Å². The number of nitrogens with zero attached hydrogens (tertiary/aromatic N) is 1. The average molecular weight is 459 g/mol. The molecule has 0 atom stereocenters. The number of hydrogen-bond donors (Lipinski definition) is 0. The van der Waals surface area contributed by atoms with E-state index in [1.54, 1.807) is 24.3 Å². The lowest BCUT2D eigenvalue weighted by atomic mass is 10.0. The Morgan fingerprint density at radius 1 is 0.900 bits per heavy atom. The Hall–Kier alpha value is -2.64. The summed E-state index contributed by atoms with van der Waals surface area (Å²) in [6.07, 6.45) is 1.76.